The Morgan fingerprint density at radius 1 is 0.739 bits per heavy atom. The van der Waals surface area contributed by atoms with Crippen LogP contribution in [-0.4, -0.2) is 42.4 Å². The van der Waals surface area contributed by atoms with Gasteiger partial charge in [-0.05, 0) is 97.4 Å². The smallest absolute Gasteiger partial charge is 0.226 e. The molecule has 1 heterocycles. The quantitative estimate of drug-likeness (QED) is 0.191. The van der Waals surface area contributed by atoms with Crippen molar-refractivity contribution in [2.45, 2.75) is 70.8 Å². The first-order valence-electron chi connectivity index (χ1n) is 16.9. The Bertz CT molecular complexity index is 1440. The lowest BCUT2D eigenvalue weighted by Crippen LogP contribution is -2.51. The third-order valence-electron chi connectivity index (χ3n) is 10.0. The van der Waals surface area contributed by atoms with Crippen LogP contribution in [-0.2, 0) is 27.3 Å². The minimum atomic E-state index is -0.0633. The molecule has 4 aliphatic rings. The number of aromatic nitrogens is 1. The summed E-state index contributed by atoms with van der Waals surface area (Å²) in [6.45, 7) is 2.08. The van der Waals surface area contributed by atoms with E-state index in [1.165, 1.54) is 38.5 Å². The molecule has 3 aromatic rings. The Kier molecular flexibility index (Phi) is 10.3. The minimum Gasteiger partial charge on any atom is -0.492 e. The van der Waals surface area contributed by atoms with Gasteiger partial charge in [0.05, 0.1) is 13.0 Å². The van der Waals surface area contributed by atoms with Crippen molar-refractivity contribution in [3.8, 4) is 16.9 Å². The number of hydrogen-bond acceptors (Lipinski definition) is 5. The SMILES string of the molecule is O=C(CCCC(=O)NCC12CC3CC(CC(C3)C1)C2)NCCOc1ccc(-c2ccc(CC(=O)NCc3ccccc3)nc2)cc1. The highest BCUT2D eigenvalue weighted by Gasteiger charge is 2.50. The average Bonchev–Trinajstić information content (AvgIpc) is 3.05. The van der Waals surface area contributed by atoms with Crippen molar-refractivity contribution in [3.63, 3.8) is 0 Å². The highest BCUT2D eigenvalue weighted by atomic mass is 16.5. The predicted molar refractivity (Wildman–Crippen MR) is 178 cm³/mol. The molecule has 0 radical (unpaired) electrons. The van der Waals surface area contributed by atoms with Gasteiger partial charge in [0.25, 0.3) is 0 Å². The van der Waals surface area contributed by atoms with Gasteiger partial charge in [0, 0.05) is 43.4 Å². The molecule has 0 unspecified atom stereocenters. The summed E-state index contributed by atoms with van der Waals surface area (Å²) in [4.78, 5) is 41.5. The number of carbonyl (C=O) groups is 3. The van der Waals surface area contributed by atoms with Crippen LogP contribution in [0.3, 0.4) is 0 Å². The van der Waals surface area contributed by atoms with E-state index in [0.29, 0.717) is 55.8 Å². The second-order valence-corrected chi connectivity index (χ2v) is 13.7. The Hall–Kier alpha value is -4.20. The van der Waals surface area contributed by atoms with Gasteiger partial charge in [-0.15, -0.1) is 0 Å². The molecule has 0 saturated heterocycles. The van der Waals surface area contributed by atoms with Crippen molar-refractivity contribution in [1.82, 2.24) is 20.9 Å². The summed E-state index contributed by atoms with van der Waals surface area (Å²) in [5.41, 5.74) is 4.07. The summed E-state index contributed by atoms with van der Waals surface area (Å²) >= 11 is 0. The van der Waals surface area contributed by atoms with Crippen LogP contribution in [0.2, 0.25) is 0 Å². The van der Waals surface area contributed by atoms with Crippen LogP contribution in [0, 0.1) is 23.2 Å². The Balaban J connectivity index is 0.829. The normalized spacial score (nSPS) is 22.7. The first kappa shape index (κ1) is 31.8. The number of carbonyl (C=O) groups excluding carboxylic acids is 3. The molecule has 0 aliphatic heterocycles. The largest absolute Gasteiger partial charge is 0.492 e. The van der Waals surface area contributed by atoms with E-state index in [1.807, 2.05) is 66.7 Å². The number of nitrogens with zero attached hydrogens (tertiary/aromatic N) is 1. The first-order chi connectivity index (χ1) is 22.4. The Morgan fingerprint density at radius 2 is 1.39 bits per heavy atom. The molecule has 8 nitrogen and oxygen atoms in total. The monoisotopic (exact) mass is 622 g/mol. The summed E-state index contributed by atoms with van der Waals surface area (Å²) in [6.07, 6.45) is 11.4. The first-order valence-corrected chi connectivity index (χ1v) is 16.9. The molecular formula is C38H46N4O4. The molecule has 8 heteroatoms. The van der Waals surface area contributed by atoms with Crippen molar-refractivity contribution in [1.29, 1.82) is 0 Å². The van der Waals surface area contributed by atoms with Crippen molar-refractivity contribution >= 4 is 17.7 Å². The summed E-state index contributed by atoms with van der Waals surface area (Å²) in [5.74, 6) is 3.32. The fourth-order valence-electron chi connectivity index (χ4n) is 8.21. The lowest BCUT2D eigenvalue weighted by molar-refractivity contribution is -0.124. The summed E-state index contributed by atoms with van der Waals surface area (Å²) in [7, 11) is 0. The van der Waals surface area contributed by atoms with E-state index in [2.05, 4.69) is 20.9 Å². The van der Waals surface area contributed by atoms with E-state index in [0.717, 1.165) is 41.0 Å². The van der Waals surface area contributed by atoms with Crippen LogP contribution in [0.1, 0.15) is 69.0 Å². The van der Waals surface area contributed by atoms with Crippen LogP contribution in [0.5, 0.6) is 5.75 Å². The third-order valence-corrected chi connectivity index (χ3v) is 10.0. The maximum absolute atomic E-state index is 12.5. The molecular weight excluding hydrogens is 576 g/mol. The average molecular weight is 623 g/mol. The summed E-state index contributed by atoms with van der Waals surface area (Å²) in [6, 6.07) is 21.4. The fraction of sp³-hybridized carbons (Fsp3) is 0.474. The maximum atomic E-state index is 12.5. The number of amides is 3. The zero-order chi connectivity index (χ0) is 31.8. The van der Waals surface area contributed by atoms with Gasteiger partial charge in [-0.2, -0.15) is 0 Å². The molecule has 3 amide bonds. The van der Waals surface area contributed by atoms with Gasteiger partial charge in [0.15, 0.2) is 0 Å². The van der Waals surface area contributed by atoms with Crippen LogP contribution in [0.4, 0.5) is 0 Å². The number of ether oxygens (including phenoxy) is 1. The minimum absolute atomic E-state index is 0.0579. The van der Waals surface area contributed by atoms with Crippen molar-refractivity contribution in [2.24, 2.45) is 23.2 Å². The Labute approximate surface area is 272 Å². The van der Waals surface area contributed by atoms with E-state index in [4.69, 9.17) is 4.74 Å². The van der Waals surface area contributed by atoms with Gasteiger partial charge in [-0.3, -0.25) is 19.4 Å². The topological polar surface area (TPSA) is 109 Å². The molecule has 2 aromatic carbocycles. The molecule has 7 rings (SSSR count). The number of hydrogen-bond donors (Lipinski definition) is 3. The molecule has 1 aromatic heterocycles. The zero-order valence-corrected chi connectivity index (χ0v) is 26.6. The maximum Gasteiger partial charge on any atom is 0.226 e. The van der Waals surface area contributed by atoms with Gasteiger partial charge in [0.2, 0.25) is 17.7 Å². The molecule has 4 fully saturated rings. The number of pyridine rings is 1. The standard InChI is InChI=1S/C38H46N4O4/c43-35(7-4-8-36(44)42-26-38-21-28-17-29(22-38)19-30(18-28)23-38)39-15-16-46-34-13-10-31(11-14-34)32-9-12-33(40-25-32)20-37(45)41-24-27-5-2-1-3-6-27/h1-3,5-6,9-14,25,28-30H,4,7-8,15-24,26H2,(H,39,43)(H,41,45)(H,42,44). The molecule has 0 spiro atoms. The summed E-state index contributed by atoms with van der Waals surface area (Å²) < 4.78 is 5.80. The van der Waals surface area contributed by atoms with E-state index in [9.17, 15) is 14.4 Å². The lowest BCUT2D eigenvalue weighted by atomic mass is 9.49. The molecule has 4 bridgehead atoms. The van der Waals surface area contributed by atoms with Crippen LogP contribution < -0.4 is 20.7 Å². The van der Waals surface area contributed by atoms with Gasteiger partial charge in [0.1, 0.15) is 12.4 Å². The second kappa shape index (κ2) is 14.9. The van der Waals surface area contributed by atoms with Crippen LogP contribution >= 0.6 is 0 Å². The number of benzene rings is 2. The van der Waals surface area contributed by atoms with Gasteiger partial charge >= 0.3 is 0 Å². The molecule has 0 atom stereocenters. The molecule has 3 N–H and O–H groups in total. The second-order valence-electron chi connectivity index (χ2n) is 13.7. The van der Waals surface area contributed by atoms with Gasteiger partial charge < -0.3 is 20.7 Å². The fourth-order valence-corrected chi connectivity index (χ4v) is 8.21. The highest BCUT2D eigenvalue weighted by Crippen LogP contribution is 2.59. The lowest BCUT2D eigenvalue weighted by Gasteiger charge is -2.56. The van der Waals surface area contributed by atoms with Gasteiger partial charge in [-0.1, -0.05) is 48.5 Å². The molecule has 4 saturated carbocycles. The molecule has 4 aliphatic carbocycles. The van der Waals surface area contributed by atoms with Crippen molar-refractivity contribution in [3.05, 3.63) is 84.2 Å². The molecule has 242 valence electrons. The predicted octanol–water partition coefficient (Wildman–Crippen LogP) is 5.61. The van der Waals surface area contributed by atoms with Gasteiger partial charge in [-0.25, -0.2) is 0 Å². The van der Waals surface area contributed by atoms with Crippen LogP contribution in [0.25, 0.3) is 11.1 Å². The Morgan fingerprint density at radius 3 is 2.04 bits per heavy atom. The third kappa shape index (κ3) is 8.74. The zero-order valence-electron chi connectivity index (χ0n) is 26.6. The van der Waals surface area contributed by atoms with Crippen LogP contribution in [0.15, 0.2) is 72.9 Å². The van der Waals surface area contributed by atoms with E-state index in [1.54, 1.807) is 6.20 Å². The van der Waals surface area contributed by atoms with E-state index < -0.39 is 0 Å². The number of nitrogens with one attached hydrogen (secondary N) is 3. The summed E-state index contributed by atoms with van der Waals surface area (Å²) in [5, 5.41) is 9.03. The van der Waals surface area contributed by atoms with Crippen molar-refractivity contribution < 1.29 is 19.1 Å². The highest BCUT2D eigenvalue weighted by molar-refractivity contribution is 5.79. The van der Waals surface area contributed by atoms with E-state index >= 15 is 0 Å². The molecule has 46 heavy (non-hydrogen) atoms. The van der Waals surface area contributed by atoms with Crippen molar-refractivity contribution in [2.75, 3.05) is 19.7 Å². The number of rotatable bonds is 15. The van der Waals surface area contributed by atoms with E-state index in [-0.39, 0.29) is 24.1 Å².